The van der Waals surface area contributed by atoms with Crippen LogP contribution in [0.5, 0.6) is 5.75 Å². The number of alkyl halides is 6. The number of hydrogen-bond donors (Lipinski definition) is 1. The molecule has 164 valence electrons. The van der Waals surface area contributed by atoms with E-state index in [0.717, 1.165) is 12.1 Å². The molecule has 1 heterocycles. The van der Waals surface area contributed by atoms with Gasteiger partial charge in [0.25, 0.3) is 0 Å². The molecule has 3 rings (SSSR count). The summed E-state index contributed by atoms with van der Waals surface area (Å²) in [4.78, 5) is 1.74. The monoisotopic (exact) mass is 456 g/mol. The molecule has 1 saturated heterocycles. The van der Waals surface area contributed by atoms with Crippen molar-refractivity contribution >= 4 is 11.6 Å². The van der Waals surface area contributed by atoms with Crippen molar-refractivity contribution in [3.63, 3.8) is 0 Å². The van der Waals surface area contributed by atoms with Gasteiger partial charge in [0.1, 0.15) is 11.6 Å². The zero-order valence-corrected chi connectivity index (χ0v) is 16.0. The van der Waals surface area contributed by atoms with Crippen LogP contribution in [0.3, 0.4) is 0 Å². The number of piperazine rings is 1. The second-order valence-corrected chi connectivity index (χ2v) is 7.07. The molecule has 0 aromatic heterocycles. The molecule has 2 aromatic rings. The second kappa shape index (κ2) is 8.60. The Balaban J connectivity index is 2.07. The Labute approximate surface area is 172 Å². The summed E-state index contributed by atoms with van der Waals surface area (Å²) in [6.07, 6.45) is -9.63. The zero-order chi connectivity index (χ0) is 22.1. The van der Waals surface area contributed by atoms with E-state index in [0.29, 0.717) is 43.9 Å². The van der Waals surface area contributed by atoms with Gasteiger partial charge in [-0.3, -0.25) is 4.90 Å². The molecule has 0 unspecified atom stereocenters. The van der Waals surface area contributed by atoms with Crippen molar-refractivity contribution < 1.29 is 35.5 Å². The minimum absolute atomic E-state index is 0.304. The molecule has 11 heteroatoms. The first kappa shape index (κ1) is 22.6. The first-order chi connectivity index (χ1) is 14.0. The Morgan fingerprint density at radius 1 is 0.967 bits per heavy atom. The van der Waals surface area contributed by atoms with Crippen LogP contribution in [0.2, 0.25) is 5.02 Å². The Hall–Kier alpha value is -2.04. The van der Waals surface area contributed by atoms with E-state index in [1.807, 2.05) is 0 Å². The standard InChI is InChI=1S/C19H16ClF7N2O/c20-15-10-12(18(22,23)24)9-14(16(15)21)17(29-7-5-28-6-8-29)11-1-3-13(4-2-11)30-19(25,26)27/h1-4,9-10,17,28H,5-8H2/t17-/m0/s1. The number of nitrogens with one attached hydrogen (secondary N) is 1. The summed E-state index contributed by atoms with van der Waals surface area (Å²) in [7, 11) is 0. The van der Waals surface area contributed by atoms with Gasteiger partial charge in [-0.2, -0.15) is 13.2 Å². The number of hydrogen-bond acceptors (Lipinski definition) is 3. The first-order valence-electron chi connectivity index (χ1n) is 8.82. The van der Waals surface area contributed by atoms with Crippen LogP contribution >= 0.6 is 11.6 Å². The molecule has 1 aliphatic heterocycles. The van der Waals surface area contributed by atoms with Crippen molar-refractivity contribution in [2.75, 3.05) is 26.2 Å². The van der Waals surface area contributed by atoms with E-state index in [9.17, 15) is 30.7 Å². The normalized spacial score (nSPS) is 17.1. The minimum Gasteiger partial charge on any atom is -0.406 e. The Morgan fingerprint density at radius 3 is 2.10 bits per heavy atom. The number of halogens is 8. The Morgan fingerprint density at radius 2 is 1.57 bits per heavy atom. The summed E-state index contributed by atoms with van der Waals surface area (Å²) >= 11 is 5.74. The molecule has 0 spiro atoms. The van der Waals surface area contributed by atoms with Crippen LogP contribution in [0.1, 0.15) is 22.7 Å². The third-order valence-electron chi connectivity index (χ3n) is 4.62. The lowest BCUT2D eigenvalue weighted by Crippen LogP contribution is -2.45. The fourth-order valence-electron chi connectivity index (χ4n) is 3.35. The van der Waals surface area contributed by atoms with E-state index in [2.05, 4.69) is 10.1 Å². The van der Waals surface area contributed by atoms with Crippen LogP contribution in [0.4, 0.5) is 30.7 Å². The van der Waals surface area contributed by atoms with Crippen LogP contribution in [0.15, 0.2) is 36.4 Å². The lowest BCUT2D eigenvalue weighted by Gasteiger charge is -2.36. The van der Waals surface area contributed by atoms with Gasteiger partial charge < -0.3 is 10.1 Å². The van der Waals surface area contributed by atoms with E-state index in [4.69, 9.17) is 11.6 Å². The topological polar surface area (TPSA) is 24.5 Å². The summed E-state index contributed by atoms with van der Waals surface area (Å²) in [5.74, 6) is -1.50. The fourth-order valence-corrected chi connectivity index (χ4v) is 3.58. The van der Waals surface area contributed by atoms with Crippen LogP contribution in [0, 0.1) is 5.82 Å². The van der Waals surface area contributed by atoms with E-state index in [1.54, 1.807) is 4.90 Å². The predicted octanol–water partition coefficient (Wildman–Crippen LogP) is 5.39. The lowest BCUT2D eigenvalue weighted by atomic mass is 9.94. The van der Waals surface area contributed by atoms with Gasteiger partial charge in [-0.15, -0.1) is 13.2 Å². The van der Waals surface area contributed by atoms with E-state index in [1.165, 1.54) is 12.1 Å². The maximum atomic E-state index is 14.8. The number of nitrogens with zero attached hydrogens (tertiary/aromatic N) is 1. The van der Waals surface area contributed by atoms with Crippen molar-refractivity contribution in [2.24, 2.45) is 0 Å². The van der Waals surface area contributed by atoms with Crippen molar-refractivity contribution in [2.45, 2.75) is 18.6 Å². The van der Waals surface area contributed by atoms with E-state index in [-0.39, 0.29) is 5.56 Å². The van der Waals surface area contributed by atoms with Gasteiger partial charge in [0.2, 0.25) is 0 Å². The molecule has 2 aromatic carbocycles. The van der Waals surface area contributed by atoms with Crippen LogP contribution in [0.25, 0.3) is 0 Å². The predicted molar refractivity (Wildman–Crippen MR) is 95.8 cm³/mol. The maximum Gasteiger partial charge on any atom is 0.573 e. The van der Waals surface area contributed by atoms with Crippen LogP contribution in [-0.4, -0.2) is 37.4 Å². The third kappa shape index (κ3) is 5.35. The van der Waals surface area contributed by atoms with Crippen molar-refractivity contribution in [1.82, 2.24) is 10.2 Å². The highest BCUT2D eigenvalue weighted by Crippen LogP contribution is 2.39. The quantitative estimate of drug-likeness (QED) is 0.624. The van der Waals surface area contributed by atoms with Crippen molar-refractivity contribution in [1.29, 1.82) is 0 Å². The SMILES string of the molecule is Fc1c(Cl)cc(C(F)(F)F)cc1[C@H](c1ccc(OC(F)(F)F)cc1)N1CCNCC1. The van der Waals surface area contributed by atoms with E-state index >= 15 is 0 Å². The Bertz CT molecular complexity index is 878. The van der Waals surface area contributed by atoms with Gasteiger partial charge >= 0.3 is 12.5 Å². The van der Waals surface area contributed by atoms with Gasteiger partial charge in [0.15, 0.2) is 0 Å². The Kier molecular flexibility index (Phi) is 6.49. The molecular formula is C19H16ClF7N2O. The van der Waals surface area contributed by atoms with Gasteiger partial charge in [0.05, 0.1) is 16.6 Å². The minimum atomic E-state index is -4.89. The molecule has 3 nitrogen and oxygen atoms in total. The average Bonchev–Trinajstić information content (AvgIpc) is 2.65. The largest absolute Gasteiger partial charge is 0.573 e. The summed E-state index contributed by atoms with van der Waals surface area (Å²) in [5.41, 5.74) is -1.11. The third-order valence-corrected chi connectivity index (χ3v) is 4.90. The molecule has 1 N–H and O–H groups in total. The zero-order valence-electron chi connectivity index (χ0n) is 15.2. The molecule has 1 atom stereocenters. The lowest BCUT2D eigenvalue weighted by molar-refractivity contribution is -0.274. The summed E-state index contributed by atoms with van der Waals surface area (Å²) < 4.78 is 95.7. The van der Waals surface area contributed by atoms with Gasteiger partial charge in [-0.25, -0.2) is 4.39 Å². The van der Waals surface area contributed by atoms with Gasteiger partial charge in [-0.1, -0.05) is 23.7 Å². The van der Waals surface area contributed by atoms with Crippen LogP contribution in [-0.2, 0) is 6.18 Å². The summed E-state index contributed by atoms with van der Waals surface area (Å²) in [6, 6.07) is 4.81. The summed E-state index contributed by atoms with van der Waals surface area (Å²) in [6.45, 7) is 1.80. The van der Waals surface area contributed by atoms with Crippen molar-refractivity contribution in [3.05, 3.63) is 63.9 Å². The van der Waals surface area contributed by atoms with Crippen molar-refractivity contribution in [3.8, 4) is 5.75 Å². The molecule has 1 aliphatic rings. The smallest absolute Gasteiger partial charge is 0.406 e. The highest BCUT2D eigenvalue weighted by Gasteiger charge is 2.35. The number of ether oxygens (including phenoxy) is 1. The highest BCUT2D eigenvalue weighted by atomic mass is 35.5. The molecular weight excluding hydrogens is 441 g/mol. The number of rotatable bonds is 4. The summed E-state index contributed by atoms with van der Waals surface area (Å²) in [5, 5.41) is 2.40. The second-order valence-electron chi connectivity index (χ2n) is 6.66. The highest BCUT2D eigenvalue weighted by molar-refractivity contribution is 6.30. The molecule has 0 amide bonds. The number of benzene rings is 2. The fraction of sp³-hybridized carbons (Fsp3) is 0.368. The first-order valence-corrected chi connectivity index (χ1v) is 9.20. The molecule has 0 radical (unpaired) electrons. The molecule has 30 heavy (non-hydrogen) atoms. The molecule has 1 fully saturated rings. The molecule has 0 saturated carbocycles. The van der Waals surface area contributed by atoms with Gasteiger partial charge in [-0.05, 0) is 29.8 Å². The molecule has 0 aliphatic carbocycles. The molecule has 0 bridgehead atoms. The van der Waals surface area contributed by atoms with E-state index < -0.39 is 40.7 Å². The average molecular weight is 457 g/mol. The van der Waals surface area contributed by atoms with Gasteiger partial charge in [0, 0.05) is 31.7 Å². The van der Waals surface area contributed by atoms with Crippen LogP contribution < -0.4 is 10.1 Å². The maximum absolute atomic E-state index is 14.8.